The molecule has 0 saturated heterocycles. The van der Waals surface area contributed by atoms with Crippen LogP contribution in [0.2, 0.25) is 0 Å². The fourth-order valence-electron chi connectivity index (χ4n) is 6.47. The molecule has 3 aromatic heterocycles. The molecule has 6 aromatic carbocycles. The Morgan fingerprint density at radius 3 is 1.91 bits per heavy atom. The summed E-state index contributed by atoms with van der Waals surface area (Å²) >= 11 is 0. The molecule has 9 rings (SSSR count). The minimum absolute atomic E-state index is 0.681. The van der Waals surface area contributed by atoms with Crippen molar-refractivity contribution in [3.63, 3.8) is 0 Å². The Bertz CT molecular complexity index is 2490. The SMILES string of the molecule is Cc1ccc(-c2nc(-c3ccccc3)nc3c2oc2ccc(-c4cccc(-n5c6ccccc6c6ccccc65)c4)cc23)cc1. The van der Waals surface area contributed by atoms with E-state index in [1.807, 2.05) is 30.3 Å². The monoisotopic (exact) mass is 577 g/mol. The molecule has 0 saturated carbocycles. The lowest BCUT2D eigenvalue weighted by molar-refractivity contribution is 0.667. The van der Waals surface area contributed by atoms with Crippen molar-refractivity contribution in [2.75, 3.05) is 0 Å². The third-order valence-electron chi connectivity index (χ3n) is 8.69. The summed E-state index contributed by atoms with van der Waals surface area (Å²) in [5.41, 5.74) is 12.0. The van der Waals surface area contributed by atoms with E-state index in [0.717, 1.165) is 50.1 Å². The van der Waals surface area contributed by atoms with E-state index in [1.165, 1.54) is 27.4 Å². The maximum Gasteiger partial charge on any atom is 0.180 e. The van der Waals surface area contributed by atoms with E-state index in [-0.39, 0.29) is 0 Å². The van der Waals surface area contributed by atoms with Crippen molar-refractivity contribution in [1.82, 2.24) is 14.5 Å². The number of nitrogens with zero attached hydrogens (tertiary/aromatic N) is 3. The molecule has 0 N–H and O–H groups in total. The van der Waals surface area contributed by atoms with E-state index in [4.69, 9.17) is 14.4 Å². The van der Waals surface area contributed by atoms with Crippen LogP contribution in [0.1, 0.15) is 5.56 Å². The van der Waals surface area contributed by atoms with Crippen molar-refractivity contribution in [1.29, 1.82) is 0 Å². The molecule has 0 spiro atoms. The van der Waals surface area contributed by atoms with Crippen LogP contribution in [-0.4, -0.2) is 14.5 Å². The van der Waals surface area contributed by atoms with Crippen LogP contribution in [0.5, 0.6) is 0 Å². The summed E-state index contributed by atoms with van der Waals surface area (Å²) in [4.78, 5) is 10.1. The van der Waals surface area contributed by atoms with Gasteiger partial charge in [0.15, 0.2) is 11.4 Å². The van der Waals surface area contributed by atoms with Crippen molar-refractivity contribution in [2.24, 2.45) is 0 Å². The number of aromatic nitrogens is 3. The lowest BCUT2D eigenvalue weighted by Gasteiger charge is -2.10. The summed E-state index contributed by atoms with van der Waals surface area (Å²) in [6.07, 6.45) is 0. The van der Waals surface area contributed by atoms with Crippen molar-refractivity contribution in [3.05, 3.63) is 151 Å². The average molecular weight is 578 g/mol. The van der Waals surface area contributed by atoms with Gasteiger partial charge in [0, 0.05) is 33.0 Å². The number of hydrogen-bond acceptors (Lipinski definition) is 3. The maximum absolute atomic E-state index is 6.50. The molecule has 3 heterocycles. The van der Waals surface area contributed by atoms with Crippen LogP contribution < -0.4 is 0 Å². The molecule has 0 unspecified atom stereocenters. The molecule has 4 nitrogen and oxygen atoms in total. The van der Waals surface area contributed by atoms with Gasteiger partial charge in [0.1, 0.15) is 16.8 Å². The van der Waals surface area contributed by atoms with Gasteiger partial charge >= 0.3 is 0 Å². The minimum atomic E-state index is 0.681. The third kappa shape index (κ3) is 4.15. The smallest absolute Gasteiger partial charge is 0.180 e. The van der Waals surface area contributed by atoms with E-state index in [9.17, 15) is 0 Å². The zero-order chi connectivity index (χ0) is 29.9. The number of rotatable bonds is 4. The highest BCUT2D eigenvalue weighted by Gasteiger charge is 2.19. The van der Waals surface area contributed by atoms with E-state index in [2.05, 4.69) is 127 Å². The molecule has 0 fully saturated rings. The predicted molar refractivity (Wildman–Crippen MR) is 185 cm³/mol. The quantitative estimate of drug-likeness (QED) is 0.209. The van der Waals surface area contributed by atoms with Crippen LogP contribution in [0.4, 0.5) is 0 Å². The summed E-state index contributed by atoms with van der Waals surface area (Å²) in [5, 5.41) is 3.48. The van der Waals surface area contributed by atoms with Gasteiger partial charge in [-0.25, -0.2) is 9.97 Å². The van der Waals surface area contributed by atoms with Gasteiger partial charge in [0.25, 0.3) is 0 Å². The fraction of sp³-hybridized carbons (Fsp3) is 0.0244. The first-order chi connectivity index (χ1) is 22.2. The minimum Gasteiger partial charge on any atom is -0.452 e. The molecule has 0 atom stereocenters. The summed E-state index contributed by atoms with van der Waals surface area (Å²) in [5.74, 6) is 0.681. The first kappa shape index (κ1) is 25.5. The Morgan fingerprint density at radius 1 is 0.511 bits per heavy atom. The Labute approximate surface area is 259 Å². The number of fused-ring (bicyclic) bond motifs is 6. The Kier molecular flexibility index (Phi) is 5.69. The molecular formula is C41H27N3O. The number of hydrogen-bond donors (Lipinski definition) is 0. The summed E-state index contributed by atoms with van der Waals surface area (Å²) in [7, 11) is 0. The molecule has 212 valence electrons. The Balaban J connectivity index is 1.24. The van der Waals surface area contributed by atoms with Crippen molar-refractivity contribution in [2.45, 2.75) is 6.92 Å². The van der Waals surface area contributed by atoms with Gasteiger partial charge in [0.05, 0.1) is 11.0 Å². The zero-order valence-electron chi connectivity index (χ0n) is 24.6. The Hall–Kier alpha value is -6.00. The largest absolute Gasteiger partial charge is 0.452 e. The van der Waals surface area contributed by atoms with E-state index in [0.29, 0.717) is 11.4 Å². The molecule has 0 radical (unpaired) electrons. The first-order valence-corrected chi connectivity index (χ1v) is 15.2. The van der Waals surface area contributed by atoms with Gasteiger partial charge in [-0.2, -0.15) is 0 Å². The highest BCUT2D eigenvalue weighted by atomic mass is 16.3. The molecule has 0 bridgehead atoms. The molecule has 4 heteroatoms. The highest BCUT2D eigenvalue weighted by molar-refractivity contribution is 6.10. The lowest BCUT2D eigenvalue weighted by Crippen LogP contribution is -1.94. The summed E-state index contributed by atoms with van der Waals surface area (Å²) in [6, 6.07) is 50.9. The van der Waals surface area contributed by atoms with Crippen LogP contribution in [0.3, 0.4) is 0 Å². The molecule has 9 aromatic rings. The molecule has 0 aliphatic carbocycles. The lowest BCUT2D eigenvalue weighted by atomic mass is 10.0. The summed E-state index contributed by atoms with van der Waals surface area (Å²) in [6.45, 7) is 2.09. The second-order valence-corrected chi connectivity index (χ2v) is 11.5. The standard InChI is InChI=1S/C41H27N3O/c1-26-18-20-27(21-19-26)38-40-39(43-41(42-38)28-10-3-2-4-11-28)34-25-30(22-23-37(34)45-40)29-12-9-13-31(24-29)44-35-16-7-5-14-32(35)33-15-6-8-17-36(33)44/h2-25H,1H3. The van der Waals surface area contributed by atoms with Gasteiger partial charge in [-0.3, -0.25) is 0 Å². The average Bonchev–Trinajstić information content (AvgIpc) is 3.64. The van der Waals surface area contributed by atoms with Crippen molar-refractivity contribution in [3.8, 4) is 39.5 Å². The zero-order valence-corrected chi connectivity index (χ0v) is 24.6. The highest BCUT2D eigenvalue weighted by Crippen LogP contribution is 2.38. The van der Waals surface area contributed by atoms with Gasteiger partial charge in [-0.15, -0.1) is 0 Å². The van der Waals surface area contributed by atoms with Crippen molar-refractivity contribution < 1.29 is 4.42 Å². The van der Waals surface area contributed by atoms with Crippen LogP contribution >= 0.6 is 0 Å². The fourth-order valence-corrected chi connectivity index (χ4v) is 6.47. The molecule has 0 amide bonds. The topological polar surface area (TPSA) is 43.9 Å². The molecule has 45 heavy (non-hydrogen) atoms. The number of benzene rings is 6. The number of para-hydroxylation sites is 2. The number of aryl methyl sites for hydroxylation is 1. The normalized spacial score (nSPS) is 11.7. The van der Waals surface area contributed by atoms with Crippen LogP contribution in [-0.2, 0) is 0 Å². The van der Waals surface area contributed by atoms with Crippen LogP contribution in [0.15, 0.2) is 150 Å². The van der Waals surface area contributed by atoms with E-state index < -0.39 is 0 Å². The maximum atomic E-state index is 6.50. The summed E-state index contributed by atoms with van der Waals surface area (Å²) < 4.78 is 8.85. The second kappa shape index (κ2) is 10.0. The van der Waals surface area contributed by atoms with Gasteiger partial charge in [0.2, 0.25) is 0 Å². The molecule has 0 aliphatic rings. The van der Waals surface area contributed by atoms with Crippen LogP contribution in [0, 0.1) is 6.92 Å². The van der Waals surface area contributed by atoms with Crippen LogP contribution in [0.25, 0.3) is 83.3 Å². The predicted octanol–water partition coefficient (Wildman–Crippen LogP) is 10.8. The second-order valence-electron chi connectivity index (χ2n) is 11.5. The van der Waals surface area contributed by atoms with Crippen molar-refractivity contribution >= 4 is 43.9 Å². The molecule has 0 aliphatic heterocycles. The third-order valence-corrected chi connectivity index (χ3v) is 8.69. The molecular weight excluding hydrogens is 550 g/mol. The van der Waals surface area contributed by atoms with E-state index >= 15 is 0 Å². The van der Waals surface area contributed by atoms with Gasteiger partial charge < -0.3 is 8.98 Å². The first-order valence-electron chi connectivity index (χ1n) is 15.2. The van der Waals surface area contributed by atoms with Gasteiger partial charge in [-0.1, -0.05) is 115 Å². The van der Waals surface area contributed by atoms with E-state index in [1.54, 1.807) is 0 Å². The van der Waals surface area contributed by atoms with Gasteiger partial charge in [-0.05, 0) is 54.4 Å². The Morgan fingerprint density at radius 2 is 1.16 bits per heavy atom. The number of furan rings is 1.